The van der Waals surface area contributed by atoms with Gasteiger partial charge in [0.1, 0.15) is 0 Å². The average Bonchev–Trinajstić information content (AvgIpc) is 4.32. The second kappa shape index (κ2) is 36.5. The average molecular weight is 1150 g/mol. The molecular weight excluding hydrogens is 1080 g/mol. The van der Waals surface area contributed by atoms with Crippen LogP contribution in [0, 0.1) is 0 Å². The Kier molecular flexibility index (Phi) is 26.6. The largest absolute Gasteiger partial charge is 0.355 e. The first-order valence-corrected chi connectivity index (χ1v) is 30.5. The van der Waals surface area contributed by atoms with Gasteiger partial charge in [0.25, 0.3) is 0 Å². The molecule has 0 saturated heterocycles. The van der Waals surface area contributed by atoms with Gasteiger partial charge in [-0.15, -0.1) is 22.7 Å². The predicted octanol–water partition coefficient (Wildman–Crippen LogP) is 13.7. The summed E-state index contributed by atoms with van der Waals surface area (Å²) < 4.78 is 0. The number of thiophene rings is 2. The maximum Gasteiger partial charge on any atom is 0.355 e. The maximum absolute atomic E-state index is 11.3. The molecule has 84 heavy (non-hydrogen) atoms. The van der Waals surface area contributed by atoms with Gasteiger partial charge in [-0.3, -0.25) is 49.9 Å². The third kappa shape index (κ3) is 23.1. The fourth-order valence-corrected chi connectivity index (χ4v) is 10.5. The van der Waals surface area contributed by atoms with Gasteiger partial charge < -0.3 is 0 Å². The number of aromatic nitrogens is 4. The van der Waals surface area contributed by atoms with Gasteiger partial charge in [-0.05, 0) is 121 Å². The van der Waals surface area contributed by atoms with Crippen LogP contribution in [0.3, 0.4) is 0 Å². The van der Waals surface area contributed by atoms with Crippen molar-refractivity contribution in [3.63, 3.8) is 0 Å². The minimum atomic E-state index is -0.552. The van der Waals surface area contributed by atoms with E-state index >= 15 is 0 Å². The lowest BCUT2D eigenvalue weighted by atomic mass is 9.91. The molecule has 3 aliphatic rings. The molecule has 2 N–H and O–H groups in total. The van der Waals surface area contributed by atoms with Crippen molar-refractivity contribution in [2.24, 2.45) is 40.2 Å². The van der Waals surface area contributed by atoms with Gasteiger partial charge in [-0.2, -0.15) is 10.2 Å². The van der Waals surface area contributed by atoms with Crippen molar-refractivity contribution in [1.82, 2.24) is 30.8 Å². The molecule has 0 radical (unpaired) electrons. The zero-order valence-electron chi connectivity index (χ0n) is 47.1. The Hall–Kier alpha value is -8.93. The fraction of sp³-hybridized carbons (Fsp3) is 0.269. The lowest BCUT2D eigenvalue weighted by Crippen LogP contribution is -2.28. The summed E-state index contributed by atoms with van der Waals surface area (Å²) in [6.07, 6.45) is 35.8. The third-order valence-electron chi connectivity index (χ3n) is 13.7. The van der Waals surface area contributed by atoms with Crippen molar-refractivity contribution in [2.75, 3.05) is 0 Å². The highest BCUT2D eigenvalue weighted by atomic mass is 32.1. The molecule has 6 unspecified atom stereocenters. The van der Waals surface area contributed by atoms with E-state index in [1.54, 1.807) is 71.7 Å². The smallest absolute Gasteiger partial charge is 0.287 e. The van der Waals surface area contributed by atoms with E-state index < -0.39 is 6.03 Å². The van der Waals surface area contributed by atoms with E-state index in [1.165, 1.54) is 71.8 Å². The molecule has 3 aliphatic carbocycles. The summed E-state index contributed by atoms with van der Waals surface area (Å²) in [6, 6.07) is 52.8. The first kappa shape index (κ1) is 61.1. The quantitative estimate of drug-likeness (QED) is 0.0717. The highest BCUT2D eigenvalue weighted by molar-refractivity contribution is 7.12. The maximum atomic E-state index is 11.3. The Labute approximate surface area is 501 Å². The molecule has 0 bridgehead atoms. The summed E-state index contributed by atoms with van der Waals surface area (Å²) in [6.45, 7) is 0. The van der Waals surface area contributed by atoms with Gasteiger partial charge in [-0.25, -0.2) is 15.6 Å². The number of pyridine rings is 4. The Morgan fingerprint density at radius 3 is 0.940 bits per heavy atom. The van der Waals surface area contributed by atoms with E-state index in [0.29, 0.717) is 35.6 Å². The second-order valence-electron chi connectivity index (χ2n) is 19.9. The Bertz CT molecular complexity index is 2950. The standard InChI is InChI=1S/C20H22N2.C18H20N4.C16H18N2S2.C13H12N6O/c1-3-9-17(10-4-1)15-21-19-13-7-8-14-20(19)22-16-18-11-5-2-6-12-18;1-2-10-18(22-14-16-8-4-6-12-20-16)17(9-1)21-13-15-7-3-5-11-19-15;1-2-8-16(18-12-14-6-4-10-20-14)15(7-1)17-11-13-5-3-9-19-13;20-13(18-16-9-11-5-1-3-7-14-11)19-17-10-12-6-2-4-8-15-12/h1-6,9-12,15-16,19-20H,7-8,13-14H2;3-8,11-14,17-18H,1-2,9-10H2;3-6,9-12,15-16H,1-2,7-8H2;1-10H,(H2,18,19,20)/b;;;16-9+,17-10+. The number of urea groups is 1. The number of hydrogen-bond acceptors (Lipinski definition) is 15. The molecule has 0 aliphatic heterocycles. The van der Waals surface area contributed by atoms with Crippen molar-refractivity contribution in [3.05, 3.63) is 237 Å². The predicted molar refractivity (Wildman–Crippen MR) is 349 cm³/mol. The molecule has 3 fully saturated rings. The highest BCUT2D eigenvalue weighted by Crippen LogP contribution is 2.26. The van der Waals surface area contributed by atoms with E-state index in [1.807, 2.05) is 122 Å². The first-order valence-electron chi connectivity index (χ1n) is 28.7. The summed E-state index contributed by atoms with van der Waals surface area (Å²) in [5.41, 5.74) is 9.95. The van der Waals surface area contributed by atoms with Crippen LogP contribution >= 0.6 is 22.7 Å². The van der Waals surface area contributed by atoms with Crippen molar-refractivity contribution >= 4 is 78.4 Å². The van der Waals surface area contributed by atoms with Crippen LogP contribution in [-0.4, -0.2) is 112 Å². The number of amides is 2. The molecule has 3 saturated carbocycles. The molecule has 0 spiro atoms. The Morgan fingerprint density at radius 1 is 0.345 bits per heavy atom. The van der Waals surface area contributed by atoms with E-state index in [0.717, 1.165) is 49.9 Å². The number of hydrogen-bond donors (Lipinski definition) is 2. The van der Waals surface area contributed by atoms with E-state index in [4.69, 9.17) is 30.0 Å². The van der Waals surface area contributed by atoms with E-state index in [2.05, 4.69) is 100 Å². The zero-order chi connectivity index (χ0) is 57.7. The van der Waals surface area contributed by atoms with Gasteiger partial charge in [0, 0.05) is 71.8 Å². The molecule has 15 nitrogen and oxygen atoms in total. The normalized spacial score (nSPS) is 20.0. The number of nitrogens with zero attached hydrogens (tertiary/aromatic N) is 12. The Balaban J connectivity index is 0.000000146. The van der Waals surface area contributed by atoms with Gasteiger partial charge in [-0.1, -0.05) is 136 Å². The molecule has 8 aromatic rings. The molecule has 2 aromatic carbocycles. The SMILES string of the molecule is C(=NC1CCCCC1N=Cc1ccccc1)c1ccccc1.C(=NC1CCCCC1N=Cc1ccccn1)c1ccccn1.C(=NC1CCCCC1N=Cc1cccs1)c1cccs1.O=C(N/N=C/c1ccccn1)N/N=C/c1ccccn1. The minimum absolute atomic E-state index is 0.246. The van der Waals surface area contributed by atoms with Crippen molar-refractivity contribution < 1.29 is 4.79 Å². The van der Waals surface area contributed by atoms with Crippen LogP contribution in [0.15, 0.2) is 233 Å². The molecule has 6 aromatic heterocycles. The molecule has 6 heterocycles. The lowest BCUT2D eigenvalue weighted by molar-refractivity contribution is 0.242. The topological polar surface area (TPSA) is 192 Å². The summed E-state index contributed by atoms with van der Waals surface area (Å²) in [7, 11) is 0. The van der Waals surface area contributed by atoms with Crippen LogP contribution in [0.2, 0.25) is 0 Å². The van der Waals surface area contributed by atoms with Crippen LogP contribution in [0.25, 0.3) is 0 Å². The summed E-state index contributed by atoms with van der Waals surface area (Å²) in [5, 5.41) is 11.6. The second-order valence-corrected chi connectivity index (χ2v) is 21.8. The van der Waals surface area contributed by atoms with Crippen LogP contribution in [0.1, 0.15) is 121 Å². The van der Waals surface area contributed by atoms with Crippen molar-refractivity contribution in [1.29, 1.82) is 0 Å². The van der Waals surface area contributed by atoms with Crippen LogP contribution in [-0.2, 0) is 0 Å². The van der Waals surface area contributed by atoms with Crippen LogP contribution in [0.5, 0.6) is 0 Å². The number of carbonyl (C=O) groups is 1. The first-order chi connectivity index (χ1) is 41.6. The number of benzene rings is 2. The zero-order valence-corrected chi connectivity index (χ0v) is 48.8. The molecular formula is C67H72N14OS2. The number of aliphatic imine (C=N–C) groups is 6. The van der Waals surface area contributed by atoms with Gasteiger partial charge in [0.05, 0.1) is 71.5 Å². The number of rotatable bonds is 16. The van der Waals surface area contributed by atoms with Crippen LogP contribution < -0.4 is 10.9 Å². The van der Waals surface area contributed by atoms with Gasteiger partial charge >= 0.3 is 6.03 Å². The van der Waals surface area contributed by atoms with E-state index in [-0.39, 0.29) is 12.1 Å². The van der Waals surface area contributed by atoms with Crippen molar-refractivity contribution in [2.45, 2.75) is 113 Å². The van der Waals surface area contributed by atoms with Crippen LogP contribution in [0.4, 0.5) is 4.79 Å². The summed E-state index contributed by atoms with van der Waals surface area (Å²) in [5.74, 6) is 0. The number of nitrogens with one attached hydrogen (secondary N) is 2. The minimum Gasteiger partial charge on any atom is -0.287 e. The number of carbonyl (C=O) groups excluding carboxylic acids is 1. The molecule has 428 valence electrons. The molecule has 11 rings (SSSR count). The highest BCUT2D eigenvalue weighted by Gasteiger charge is 2.25. The molecule has 2 amide bonds. The fourth-order valence-electron chi connectivity index (χ4n) is 9.32. The molecule has 6 atom stereocenters. The van der Waals surface area contributed by atoms with E-state index in [9.17, 15) is 4.79 Å². The lowest BCUT2D eigenvalue weighted by Gasteiger charge is -2.25. The molecule has 17 heteroatoms. The summed E-state index contributed by atoms with van der Waals surface area (Å²) >= 11 is 3.48. The van der Waals surface area contributed by atoms with Gasteiger partial charge in [0.15, 0.2) is 0 Å². The summed E-state index contributed by atoms with van der Waals surface area (Å²) in [4.78, 5) is 59.0. The third-order valence-corrected chi connectivity index (χ3v) is 15.3. The van der Waals surface area contributed by atoms with Gasteiger partial charge in [0.2, 0.25) is 0 Å². The monoisotopic (exact) mass is 1150 g/mol. The number of hydrazone groups is 2. The Morgan fingerprint density at radius 2 is 0.643 bits per heavy atom. The van der Waals surface area contributed by atoms with Crippen molar-refractivity contribution in [3.8, 4) is 0 Å².